The summed E-state index contributed by atoms with van der Waals surface area (Å²) in [4.78, 5) is 21.2. The van der Waals surface area contributed by atoms with Crippen LogP contribution in [0.4, 0.5) is 5.69 Å². The Hall–Kier alpha value is -1.68. The summed E-state index contributed by atoms with van der Waals surface area (Å²) in [6.07, 6.45) is 0.936. The van der Waals surface area contributed by atoms with E-state index in [-0.39, 0.29) is 36.4 Å². The highest BCUT2D eigenvalue weighted by Crippen LogP contribution is 2.17. The van der Waals surface area contributed by atoms with Crippen LogP contribution in [0.5, 0.6) is 0 Å². The van der Waals surface area contributed by atoms with E-state index in [2.05, 4.69) is 52.1 Å². The van der Waals surface area contributed by atoms with Gasteiger partial charge >= 0.3 is 0 Å². The molecule has 0 aliphatic heterocycles. The lowest BCUT2D eigenvalue weighted by Crippen LogP contribution is -2.37. The molecule has 2 rings (SSSR count). The second kappa shape index (κ2) is 12.7. The van der Waals surface area contributed by atoms with E-state index in [0.717, 1.165) is 29.4 Å². The molecule has 1 amide bonds. The summed E-state index contributed by atoms with van der Waals surface area (Å²) in [5, 5.41) is 12.4. The van der Waals surface area contributed by atoms with E-state index in [9.17, 15) is 4.79 Å². The van der Waals surface area contributed by atoms with Crippen LogP contribution in [-0.4, -0.2) is 29.9 Å². The second-order valence-corrected chi connectivity index (χ2v) is 7.41. The predicted molar refractivity (Wildman–Crippen MR) is 129 cm³/mol. The Morgan fingerprint density at radius 3 is 2.68 bits per heavy atom. The van der Waals surface area contributed by atoms with Gasteiger partial charge in [-0.3, -0.25) is 4.79 Å². The third-order valence-corrected chi connectivity index (χ3v) is 4.78. The number of thiazole rings is 1. The van der Waals surface area contributed by atoms with Crippen molar-refractivity contribution in [2.24, 2.45) is 4.99 Å². The molecule has 1 heterocycles. The van der Waals surface area contributed by atoms with Crippen LogP contribution in [0.1, 0.15) is 49.9 Å². The van der Waals surface area contributed by atoms with Gasteiger partial charge in [-0.15, -0.1) is 35.3 Å². The molecule has 0 aliphatic rings. The van der Waals surface area contributed by atoms with Crippen molar-refractivity contribution >= 4 is 52.9 Å². The summed E-state index contributed by atoms with van der Waals surface area (Å²) in [5.41, 5.74) is 3.10. The number of guanidine groups is 1. The average Bonchev–Trinajstić information content (AvgIpc) is 3.13. The van der Waals surface area contributed by atoms with Gasteiger partial charge in [0.15, 0.2) is 5.96 Å². The van der Waals surface area contributed by atoms with Crippen LogP contribution in [0, 0.1) is 0 Å². The number of amides is 1. The molecule has 0 saturated carbocycles. The number of rotatable bonds is 8. The molecule has 0 unspecified atom stereocenters. The topological polar surface area (TPSA) is 78.4 Å². The zero-order valence-electron chi connectivity index (χ0n) is 16.9. The van der Waals surface area contributed by atoms with E-state index in [1.165, 1.54) is 5.56 Å². The molecule has 0 fully saturated rings. The summed E-state index contributed by atoms with van der Waals surface area (Å²) in [6.45, 7) is 9.71. The van der Waals surface area contributed by atoms with E-state index in [1.807, 2.05) is 31.2 Å². The van der Waals surface area contributed by atoms with Crippen molar-refractivity contribution in [2.45, 2.75) is 46.6 Å². The van der Waals surface area contributed by atoms with Crippen LogP contribution < -0.4 is 16.0 Å². The monoisotopic (exact) mass is 515 g/mol. The molecule has 0 bridgehead atoms. The van der Waals surface area contributed by atoms with Crippen molar-refractivity contribution in [3.05, 3.63) is 45.9 Å². The fraction of sp³-hybridized carbons (Fsp3) is 0.450. The Morgan fingerprint density at radius 1 is 1.25 bits per heavy atom. The highest BCUT2D eigenvalue weighted by molar-refractivity contribution is 14.0. The van der Waals surface area contributed by atoms with Crippen molar-refractivity contribution in [3.8, 4) is 0 Å². The van der Waals surface area contributed by atoms with Crippen molar-refractivity contribution in [1.29, 1.82) is 0 Å². The van der Waals surface area contributed by atoms with Gasteiger partial charge < -0.3 is 16.0 Å². The number of halogens is 1. The van der Waals surface area contributed by atoms with Crippen LogP contribution in [0.3, 0.4) is 0 Å². The van der Waals surface area contributed by atoms with Crippen LogP contribution in [-0.2, 0) is 17.8 Å². The number of aryl methyl sites for hydroxylation is 1. The molecule has 0 aliphatic carbocycles. The van der Waals surface area contributed by atoms with Crippen LogP contribution in [0.25, 0.3) is 0 Å². The Balaban J connectivity index is 0.00000392. The number of aliphatic imine (C=N–C) groups is 1. The number of nitrogens with zero attached hydrogens (tertiary/aromatic N) is 2. The lowest BCUT2D eigenvalue weighted by atomic mass is 10.1. The van der Waals surface area contributed by atoms with E-state index >= 15 is 0 Å². The predicted octanol–water partition coefficient (Wildman–Crippen LogP) is 4.14. The molecule has 0 atom stereocenters. The number of benzene rings is 1. The number of hydrogen-bond acceptors (Lipinski definition) is 4. The quantitative estimate of drug-likeness (QED) is 0.281. The summed E-state index contributed by atoms with van der Waals surface area (Å²) in [6, 6.07) is 7.87. The molecule has 1 aromatic carbocycles. The zero-order valence-corrected chi connectivity index (χ0v) is 20.1. The lowest BCUT2D eigenvalue weighted by Gasteiger charge is -2.10. The number of nitrogens with one attached hydrogen (secondary N) is 3. The van der Waals surface area contributed by atoms with Crippen LogP contribution in [0.2, 0.25) is 0 Å². The first-order chi connectivity index (χ1) is 13.0. The van der Waals surface area contributed by atoms with E-state index in [4.69, 9.17) is 0 Å². The van der Waals surface area contributed by atoms with Crippen molar-refractivity contribution < 1.29 is 4.79 Å². The summed E-state index contributed by atoms with van der Waals surface area (Å²) >= 11 is 1.63. The van der Waals surface area contributed by atoms with Gasteiger partial charge in [-0.05, 0) is 37.0 Å². The molecular formula is C20H30IN5OS. The molecule has 8 heteroatoms. The minimum atomic E-state index is -0.142. The first-order valence-corrected chi connectivity index (χ1v) is 10.2. The van der Waals surface area contributed by atoms with Gasteiger partial charge in [0, 0.05) is 17.6 Å². The number of anilines is 1. The van der Waals surface area contributed by atoms with Crippen LogP contribution in [0.15, 0.2) is 34.6 Å². The SMILES string of the molecule is CCNC(=NCC(=O)Nc1cccc(CC)c1)NCc1nc(C(C)C)cs1.I. The molecular weight excluding hydrogens is 485 g/mol. The van der Waals surface area contributed by atoms with Gasteiger partial charge in [0.05, 0.1) is 12.2 Å². The standard InChI is InChI=1S/C20H29N5OS.HI/c1-5-15-8-7-9-16(10-15)24-18(26)11-22-20(21-6-2)23-12-19-25-17(13-27-19)14(3)4;/h7-10,13-14H,5-6,11-12H2,1-4H3,(H,24,26)(H2,21,22,23);1H. The molecule has 2 aromatic rings. The van der Waals surface area contributed by atoms with E-state index in [1.54, 1.807) is 11.3 Å². The Bertz CT molecular complexity index is 775. The third-order valence-electron chi connectivity index (χ3n) is 3.91. The molecule has 0 radical (unpaired) electrons. The van der Waals surface area contributed by atoms with Crippen molar-refractivity contribution in [1.82, 2.24) is 15.6 Å². The Labute approximate surface area is 188 Å². The number of carbonyl (C=O) groups excluding carboxylic acids is 1. The van der Waals surface area contributed by atoms with Crippen LogP contribution >= 0.6 is 35.3 Å². The summed E-state index contributed by atoms with van der Waals surface area (Å²) < 4.78 is 0. The largest absolute Gasteiger partial charge is 0.357 e. The van der Waals surface area contributed by atoms with Crippen molar-refractivity contribution in [2.75, 3.05) is 18.4 Å². The minimum absolute atomic E-state index is 0. The van der Waals surface area contributed by atoms with E-state index < -0.39 is 0 Å². The van der Waals surface area contributed by atoms with Gasteiger partial charge in [0.2, 0.25) is 5.91 Å². The van der Waals surface area contributed by atoms with Gasteiger partial charge in [-0.1, -0.05) is 32.9 Å². The van der Waals surface area contributed by atoms with Gasteiger partial charge in [-0.25, -0.2) is 9.98 Å². The fourth-order valence-electron chi connectivity index (χ4n) is 2.39. The summed E-state index contributed by atoms with van der Waals surface area (Å²) in [7, 11) is 0. The minimum Gasteiger partial charge on any atom is -0.357 e. The fourth-order valence-corrected chi connectivity index (χ4v) is 3.29. The van der Waals surface area contributed by atoms with Gasteiger partial charge in [0.25, 0.3) is 0 Å². The van der Waals surface area contributed by atoms with Gasteiger partial charge in [-0.2, -0.15) is 0 Å². The maximum Gasteiger partial charge on any atom is 0.246 e. The zero-order chi connectivity index (χ0) is 19.6. The lowest BCUT2D eigenvalue weighted by molar-refractivity contribution is -0.114. The molecule has 0 spiro atoms. The smallest absolute Gasteiger partial charge is 0.246 e. The molecule has 28 heavy (non-hydrogen) atoms. The molecule has 0 saturated heterocycles. The first-order valence-electron chi connectivity index (χ1n) is 9.37. The molecule has 3 N–H and O–H groups in total. The highest BCUT2D eigenvalue weighted by atomic mass is 127. The number of carbonyl (C=O) groups is 1. The number of aromatic nitrogens is 1. The normalized spacial score (nSPS) is 11.1. The number of hydrogen-bond donors (Lipinski definition) is 3. The molecule has 154 valence electrons. The Morgan fingerprint density at radius 2 is 2.04 bits per heavy atom. The Kier molecular flexibility index (Phi) is 11.1. The second-order valence-electron chi connectivity index (χ2n) is 6.47. The maximum absolute atomic E-state index is 12.2. The molecule has 6 nitrogen and oxygen atoms in total. The summed E-state index contributed by atoms with van der Waals surface area (Å²) in [5.74, 6) is 0.889. The molecule has 1 aromatic heterocycles. The highest BCUT2D eigenvalue weighted by Gasteiger charge is 2.07. The van der Waals surface area contributed by atoms with E-state index in [0.29, 0.717) is 18.4 Å². The first kappa shape index (κ1) is 24.4. The van der Waals surface area contributed by atoms with Crippen molar-refractivity contribution in [3.63, 3.8) is 0 Å². The average molecular weight is 515 g/mol. The maximum atomic E-state index is 12.2. The third kappa shape index (κ3) is 8.14. The van der Waals surface area contributed by atoms with Gasteiger partial charge in [0.1, 0.15) is 11.6 Å².